The topological polar surface area (TPSA) is 73.5 Å². The number of hydrogen-bond acceptors (Lipinski definition) is 3. The number of carboxylic acid groups (broad SMARTS) is 1. The fourth-order valence-electron chi connectivity index (χ4n) is 0.778. The molecular weight excluding hydrogens is 163 g/mol. The minimum Gasteiger partial charge on any atom is -0.478 e. The molecule has 0 fully saturated rings. The third-order valence-corrected chi connectivity index (χ3v) is 1.31. The van der Waals surface area contributed by atoms with Gasteiger partial charge in [0.25, 0.3) is 0 Å². The minimum absolute atomic E-state index is 0.175. The van der Waals surface area contributed by atoms with E-state index in [1.54, 1.807) is 0 Å². The van der Waals surface area contributed by atoms with Gasteiger partial charge in [-0.1, -0.05) is 0 Å². The van der Waals surface area contributed by atoms with Gasteiger partial charge in [0.1, 0.15) is 11.5 Å². The maximum atomic E-state index is 12.5. The van der Waals surface area contributed by atoms with Gasteiger partial charge in [0.15, 0.2) is 0 Å². The van der Waals surface area contributed by atoms with E-state index in [0.717, 1.165) is 18.2 Å². The summed E-state index contributed by atoms with van der Waals surface area (Å²) >= 11 is 0. The molecule has 4 nitrogen and oxygen atoms in total. The molecular formula is C7H5FN2O2. The third-order valence-electron chi connectivity index (χ3n) is 1.31. The monoisotopic (exact) mass is 168 g/mol. The zero-order chi connectivity index (χ0) is 9.14. The lowest BCUT2D eigenvalue weighted by Gasteiger charge is -1.97. The number of carboxylic acids is 1. The Balaban J connectivity index is 3.29. The fraction of sp³-hybridized carbons (Fsp3) is 0. The maximum absolute atomic E-state index is 12.5. The molecule has 0 aliphatic carbocycles. The first-order valence-electron chi connectivity index (χ1n) is 3.05. The number of benzene rings is 1. The molecule has 0 aromatic heterocycles. The molecule has 1 rings (SSSR count). The molecule has 0 heterocycles. The lowest BCUT2D eigenvalue weighted by molar-refractivity contribution is 0.0697. The van der Waals surface area contributed by atoms with E-state index >= 15 is 0 Å². The molecule has 0 spiro atoms. The van der Waals surface area contributed by atoms with Crippen LogP contribution in [0.1, 0.15) is 10.4 Å². The standard InChI is InChI=1S/C7H5FN2O2/c8-4-1-2-5(7(11)12)6(3-4)10-9/h1-3,9H,(H,11,12). The van der Waals surface area contributed by atoms with Crippen molar-refractivity contribution in [3.63, 3.8) is 0 Å². The van der Waals surface area contributed by atoms with Crippen molar-refractivity contribution in [2.45, 2.75) is 0 Å². The normalized spacial score (nSPS) is 9.42. The zero-order valence-electron chi connectivity index (χ0n) is 5.91. The van der Waals surface area contributed by atoms with Crippen molar-refractivity contribution in [2.24, 2.45) is 5.11 Å². The van der Waals surface area contributed by atoms with Crippen LogP contribution in [0.25, 0.3) is 0 Å². The van der Waals surface area contributed by atoms with Gasteiger partial charge in [-0.15, -0.1) is 0 Å². The number of halogens is 1. The second-order valence-electron chi connectivity index (χ2n) is 2.08. The number of nitrogens with one attached hydrogen (secondary N) is 1. The third kappa shape index (κ3) is 1.45. The maximum Gasteiger partial charge on any atom is 0.337 e. The smallest absolute Gasteiger partial charge is 0.337 e. The van der Waals surface area contributed by atoms with Gasteiger partial charge in [0, 0.05) is 6.07 Å². The van der Waals surface area contributed by atoms with Crippen molar-refractivity contribution in [3.05, 3.63) is 29.6 Å². The molecule has 0 saturated carbocycles. The Morgan fingerprint density at radius 3 is 2.75 bits per heavy atom. The first-order chi connectivity index (χ1) is 5.65. The first-order valence-corrected chi connectivity index (χ1v) is 3.05. The van der Waals surface area contributed by atoms with Gasteiger partial charge < -0.3 is 5.11 Å². The Labute approximate surface area is 67.2 Å². The lowest BCUT2D eigenvalue weighted by atomic mass is 10.2. The lowest BCUT2D eigenvalue weighted by Crippen LogP contribution is -1.96. The van der Waals surface area contributed by atoms with E-state index in [2.05, 4.69) is 5.11 Å². The van der Waals surface area contributed by atoms with Crippen LogP contribution in [-0.4, -0.2) is 11.1 Å². The summed E-state index contributed by atoms with van der Waals surface area (Å²) < 4.78 is 12.5. The molecule has 0 radical (unpaired) electrons. The van der Waals surface area contributed by atoms with Crippen LogP contribution in [0, 0.1) is 11.3 Å². The molecule has 0 aliphatic heterocycles. The van der Waals surface area contributed by atoms with Gasteiger partial charge >= 0.3 is 5.97 Å². The van der Waals surface area contributed by atoms with Gasteiger partial charge in [-0.2, -0.15) is 5.11 Å². The highest BCUT2D eigenvalue weighted by Gasteiger charge is 2.09. The van der Waals surface area contributed by atoms with E-state index in [1.165, 1.54) is 0 Å². The van der Waals surface area contributed by atoms with Gasteiger partial charge in [-0.05, 0) is 12.1 Å². The van der Waals surface area contributed by atoms with Crippen molar-refractivity contribution < 1.29 is 14.3 Å². The van der Waals surface area contributed by atoms with Crippen molar-refractivity contribution in [1.29, 1.82) is 5.53 Å². The molecule has 0 atom stereocenters. The van der Waals surface area contributed by atoms with Crippen molar-refractivity contribution in [3.8, 4) is 0 Å². The van der Waals surface area contributed by atoms with Crippen molar-refractivity contribution in [2.75, 3.05) is 0 Å². The quantitative estimate of drug-likeness (QED) is 0.664. The van der Waals surface area contributed by atoms with E-state index in [9.17, 15) is 9.18 Å². The van der Waals surface area contributed by atoms with Gasteiger partial charge in [-0.3, -0.25) is 0 Å². The molecule has 0 unspecified atom stereocenters. The van der Waals surface area contributed by atoms with Crippen LogP contribution in [0.5, 0.6) is 0 Å². The average molecular weight is 168 g/mol. The van der Waals surface area contributed by atoms with E-state index in [-0.39, 0.29) is 11.3 Å². The van der Waals surface area contributed by atoms with Crippen LogP contribution in [0.15, 0.2) is 23.3 Å². The summed E-state index contributed by atoms with van der Waals surface area (Å²) in [4.78, 5) is 10.4. The van der Waals surface area contributed by atoms with Crippen LogP contribution in [0.4, 0.5) is 10.1 Å². The second kappa shape index (κ2) is 3.08. The predicted octanol–water partition coefficient (Wildman–Crippen LogP) is 2.19. The van der Waals surface area contributed by atoms with Crippen LogP contribution in [0.2, 0.25) is 0 Å². The predicted molar refractivity (Wildman–Crippen MR) is 38.2 cm³/mol. The average Bonchev–Trinajstić information content (AvgIpc) is 2.03. The minimum atomic E-state index is -1.22. The molecule has 0 bridgehead atoms. The Morgan fingerprint density at radius 2 is 2.25 bits per heavy atom. The first kappa shape index (κ1) is 8.32. The molecule has 1 aromatic carbocycles. The number of rotatable bonds is 2. The van der Waals surface area contributed by atoms with Crippen molar-refractivity contribution in [1.82, 2.24) is 0 Å². The van der Waals surface area contributed by atoms with Crippen LogP contribution in [0.3, 0.4) is 0 Å². The van der Waals surface area contributed by atoms with Crippen LogP contribution >= 0.6 is 0 Å². The van der Waals surface area contributed by atoms with E-state index in [4.69, 9.17) is 10.6 Å². The highest BCUT2D eigenvalue weighted by Crippen LogP contribution is 2.19. The summed E-state index contributed by atoms with van der Waals surface area (Å²) in [6.45, 7) is 0. The van der Waals surface area contributed by atoms with Crippen LogP contribution < -0.4 is 0 Å². The summed E-state index contributed by atoms with van der Waals surface area (Å²) in [6, 6.07) is 2.99. The summed E-state index contributed by atoms with van der Waals surface area (Å²) in [5.74, 6) is -1.83. The number of nitrogens with zero attached hydrogens (tertiary/aromatic N) is 1. The summed E-state index contributed by atoms with van der Waals surface area (Å²) in [6.07, 6.45) is 0. The number of aromatic carboxylic acids is 1. The number of hydrogen-bond donors (Lipinski definition) is 2. The van der Waals surface area contributed by atoms with E-state index < -0.39 is 11.8 Å². The Hall–Kier alpha value is -1.78. The molecule has 5 heteroatoms. The molecule has 0 aliphatic rings. The Bertz CT molecular complexity index is 338. The Morgan fingerprint density at radius 1 is 1.58 bits per heavy atom. The molecule has 12 heavy (non-hydrogen) atoms. The molecule has 1 aromatic rings. The Kier molecular flexibility index (Phi) is 2.14. The highest BCUT2D eigenvalue weighted by molar-refractivity contribution is 5.93. The summed E-state index contributed by atoms with van der Waals surface area (Å²) in [7, 11) is 0. The molecule has 62 valence electrons. The zero-order valence-corrected chi connectivity index (χ0v) is 5.91. The second-order valence-corrected chi connectivity index (χ2v) is 2.08. The number of carbonyl (C=O) groups is 1. The SMILES string of the molecule is N=Nc1cc(F)ccc1C(=O)O. The van der Waals surface area contributed by atoms with Crippen molar-refractivity contribution >= 4 is 11.7 Å². The van der Waals surface area contributed by atoms with Gasteiger partial charge in [-0.25, -0.2) is 14.7 Å². The summed E-state index contributed by atoms with van der Waals surface area (Å²) in [5, 5.41) is 11.4. The van der Waals surface area contributed by atoms with Gasteiger partial charge in [0.2, 0.25) is 0 Å². The largest absolute Gasteiger partial charge is 0.478 e. The van der Waals surface area contributed by atoms with Crippen LogP contribution in [-0.2, 0) is 0 Å². The van der Waals surface area contributed by atoms with E-state index in [1.807, 2.05) is 0 Å². The fourth-order valence-corrected chi connectivity index (χ4v) is 0.778. The molecule has 2 N–H and O–H groups in total. The van der Waals surface area contributed by atoms with Gasteiger partial charge in [0.05, 0.1) is 5.56 Å². The highest BCUT2D eigenvalue weighted by atomic mass is 19.1. The van der Waals surface area contributed by atoms with E-state index in [0.29, 0.717) is 0 Å². The molecule has 0 saturated heterocycles. The molecule has 0 amide bonds. The summed E-state index contributed by atoms with van der Waals surface area (Å²) in [5.41, 5.74) is 6.22.